The van der Waals surface area contributed by atoms with E-state index >= 15 is 0 Å². The van der Waals surface area contributed by atoms with Crippen molar-refractivity contribution in [1.29, 1.82) is 0 Å². The van der Waals surface area contributed by atoms with Crippen LogP contribution >= 0.6 is 0 Å². The van der Waals surface area contributed by atoms with Crippen molar-refractivity contribution in [3.05, 3.63) is 77.1 Å². The number of anilines is 1. The summed E-state index contributed by atoms with van der Waals surface area (Å²) in [4.78, 5) is 39.4. The number of aryl methyl sites for hydroxylation is 1. The van der Waals surface area contributed by atoms with Gasteiger partial charge in [0.1, 0.15) is 6.54 Å². The Hall–Kier alpha value is -3.95. The number of benzene rings is 2. The van der Waals surface area contributed by atoms with Gasteiger partial charge in [0.05, 0.1) is 33.9 Å². The molecule has 0 fully saturated rings. The van der Waals surface area contributed by atoms with Crippen LogP contribution in [0.15, 0.2) is 54.6 Å². The molecule has 1 heterocycles. The molecule has 10 heteroatoms. The number of hydrogen-bond acceptors (Lipinski definition) is 4. The van der Waals surface area contributed by atoms with Crippen LogP contribution < -0.4 is 5.32 Å². The van der Waals surface area contributed by atoms with E-state index in [1.807, 2.05) is 18.2 Å². The first-order chi connectivity index (χ1) is 16.0. The average Bonchev–Trinajstić information content (AvgIpc) is 3.10. The minimum Gasteiger partial charge on any atom is -0.327 e. The Labute approximate surface area is 194 Å². The number of para-hydroxylation sites is 2. The normalized spacial score (nSPS) is 11.2. The molecular formula is C24H23F3N4O3. The number of Topliss-reactive ketones (excluding diaryl/α,β-unsaturated/α-hetero) is 1. The molecule has 2 aromatic carbocycles. The van der Waals surface area contributed by atoms with Crippen LogP contribution in [-0.2, 0) is 15.8 Å². The second-order valence-electron chi connectivity index (χ2n) is 7.53. The molecule has 2 amide bonds. The third kappa shape index (κ3) is 5.16. The quantitative estimate of drug-likeness (QED) is 0.413. The van der Waals surface area contributed by atoms with Crippen LogP contribution in [0.4, 0.5) is 18.9 Å². The molecule has 1 aromatic heterocycles. The monoisotopic (exact) mass is 472 g/mol. The van der Waals surface area contributed by atoms with Crippen molar-refractivity contribution in [1.82, 2.24) is 14.7 Å². The van der Waals surface area contributed by atoms with Crippen LogP contribution in [0.5, 0.6) is 0 Å². The fraction of sp³-hybridized carbons (Fsp3) is 0.250. The van der Waals surface area contributed by atoms with E-state index in [9.17, 15) is 27.6 Å². The standard InChI is InChI=1S/C24H23F3N4O3/c1-4-30(14-20(32)28-19-13-9-8-12-18(19)24(25,26)27)23(34)22(33)21-15(2)29-31(16(21)3)17-10-6-5-7-11-17/h5-13H,4,14H2,1-3H3,(H,28,32). The smallest absolute Gasteiger partial charge is 0.327 e. The second-order valence-corrected chi connectivity index (χ2v) is 7.53. The number of carbonyl (C=O) groups is 3. The Morgan fingerprint density at radius 2 is 1.62 bits per heavy atom. The van der Waals surface area contributed by atoms with Gasteiger partial charge in [0, 0.05) is 6.54 Å². The van der Waals surface area contributed by atoms with Crippen LogP contribution in [-0.4, -0.2) is 45.4 Å². The second kappa shape index (κ2) is 9.90. The largest absolute Gasteiger partial charge is 0.418 e. The maximum Gasteiger partial charge on any atom is 0.418 e. The molecular weight excluding hydrogens is 449 g/mol. The highest BCUT2D eigenvalue weighted by Crippen LogP contribution is 2.34. The van der Waals surface area contributed by atoms with E-state index in [1.165, 1.54) is 12.1 Å². The van der Waals surface area contributed by atoms with Crippen LogP contribution in [0.1, 0.15) is 34.2 Å². The third-order valence-corrected chi connectivity index (χ3v) is 5.22. The number of halogens is 3. The van der Waals surface area contributed by atoms with Gasteiger partial charge in [-0.2, -0.15) is 18.3 Å². The zero-order valence-corrected chi connectivity index (χ0v) is 18.8. The highest BCUT2D eigenvalue weighted by atomic mass is 19.4. The summed E-state index contributed by atoms with van der Waals surface area (Å²) in [5, 5.41) is 6.54. The summed E-state index contributed by atoms with van der Waals surface area (Å²) in [7, 11) is 0. The first-order valence-electron chi connectivity index (χ1n) is 10.5. The van der Waals surface area contributed by atoms with E-state index in [-0.39, 0.29) is 12.1 Å². The van der Waals surface area contributed by atoms with Crippen LogP contribution in [0, 0.1) is 13.8 Å². The van der Waals surface area contributed by atoms with Gasteiger partial charge in [0.15, 0.2) is 0 Å². The summed E-state index contributed by atoms with van der Waals surface area (Å²) in [6, 6.07) is 13.6. The lowest BCUT2D eigenvalue weighted by Crippen LogP contribution is -2.42. The Morgan fingerprint density at radius 1 is 1.00 bits per heavy atom. The SMILES string of the molecule is CCN(CC(=O)Nc1ccccc1C(F)(F)F)C(=O)C(=O)c1c(C)nn(-c2ccccc2)c1C. The third-order valence-electron chi connectivity index (χ3n) is 5.22. The van der Waals surface area contributed by atoms with E-state index in [0.717, 1.165) is 17.0 Å². The Kier molecular flexibility index (Phi) is 7.19. The van der Waals surface area contributed by atoms with E-state index in [0.29, 0.717) is 17.1 Å². The summed E-state index contributed by atoms with van der Waals surface area (Å²) < 4.78 is 41.1. The molecule has 3 rings (SSSR count). The number of aromatic nitrogens is 2. The summed E-state index contributed by atoms with van der Waals surface area (Å²) in [6.45, 7) is 4.24. The van der Waals surface area contributed by atoms with Gasteiger partial charge in [0.2, 0.25) is 5.91 Å². The zero-order chi connectivity index (χ0) is 25.0. The van der Waals surface area contributed by atoms with Crippen molar-refractivity contribution >= 4 is 23.3 Å². The van der Waals surface area contributed by atoms with Crippen LogP contribution in [0.3, 0.4) is 0 Å². The molecule has 0 aliphatic rings. The Bertz CT molecular complexity index is 1220. The van der Waals surface area contributed by atoms with Crippen molar-refractivity contribution in [2.24, 2.45) is 0 Å². The zero-order valence-electron chi connectivity index (χ0n) is 18.8. The Balaban J connectivity index is 1.79. The van der Waals surface area contributed by atoms with Crippen molar-refractivity contribution in [2.45, 2.75) is 26.9 Å². The maximum atomic E-state index is 13.2. The van der Waals surface area contributed by atoms with Gasteiger partial charge < -0.3 is 10.2 Å². The van der Waals surface area contributed by atoms with Gasteiger partial charge >= 0.3 is 6.18 Å². The van der Waals surface area contributed by atoms with E-state index in [1.54, 1.807) is 37.6 Å². The summed E-state index contributed by atoms with van der Waals surface area (Å²) in [6.07, 6.45) is -4.66. The van der Waals surface area contributed by atoms with E-state index in [4.69, 9.17) is 0 Å². The number of hydrogen-bond donors (Lipinski definition) is 1. The minimum absolute atomic E-state index is 0.00380. The number of likely N-dealkylation sites (N-methyl/N-ethyl adjacent to an activating group) is 1. The van der Waals surface area contributed by atoms with Gasteiger partial charge in [-0.15, -0.1) is 0 Å². The predicted molar refractivity (Wildman–Crippen MR) is 120 cm³/mol. The molecule has 0 aliphatic heterocycles. The number of rotatable bonds is 7. The number of carbonyl (C=O) groups excluding carboxylic acids is 3. The molecule has 0 saturated heterocycles. The molecule has 7 nitrogen and oxygen atoms in total. The molecule has 34 heavy (non-hydrogen) atoms. The summed E-state index contributed by atoms with van der Waals surface area (Å²) in [5.74, 6) is -2.64. The number of nitrogens with zero attached hydrogens (tertiary/aromatic N) is 3. The van der Waals surface area contributed by atoms with Gasteiger partial charge in [-0.3, -0.25) is 14.4 Å². The molecule has 178 valence electrons. The fourth-order valence-electron chi connectivity index (χ4n) is 3.57. The lowest BCUT2D eigenvalue weighted by atomic mass is 10.1. The maximum absolute atomic E-state index is 13.2. The first-order valence-corrected chi connectivity index (χ1v) is 10.5. The number of alkyl halides is 3. The lowest BCUT2D eigenvalue weighted by molar-refractivity contribution is -0.137. The summed E-state index contributed by atoms with van der Waals surface area (Å²) in [5.41, 5.74) is 0.208. The van der Waals surface area contributed by atoms with Gasteiger partial charge in [-0.1, -0.05) is 30.3 Å². The Morgan fingerprint density at radius 3 is 2.24 bits per heavy atom. The minimum atomic E-state index is -4.66. The molecule has 0 bridgehead atoms. The molecule has 0 atom stereocenters. The van der Waals surface area contributed by atoms with Crippen molar-refractivity contribution < 1.29 is 27.6 Å². The average molecular weight is 472 g/mol. The molecule has 0 aliphatic carbocycles. The fourth-order valence-corrected chi connectivity index (χ4v) is 3.57. The van der Waals surface area contributed by atoms with Gasteiger partial charge in [-0.25, -0.2) is 4.68 Å². The molecule has 0 unspecified atom stereocenters. The summed E-state index contributed by atoms with van der Waals surface area (Å²) >= 11 is 0. The first kappa shape index (κ1) is 24.7. The molecule has 0 spiro atoms. The number of amides is 2. The predicted octanol–water partition coefficient (Wildman–Crippen LogP) is 4.18. The highest BCUT2D eigenvalue weighted by Gasteiger charge is 2.34. The van der Waals surface area contributed by atoms with Crippen LogP contribution in [0.2, 0.25) is 0 Å². The van der Waals surface area contributed by atoms with Crippen LogP contribution in [0.25, 0.3) is 5.69 Å². The van der Waals surface area contributed by atoms with Gasteiger partial charge in [-0.05, 0) is 45.0 Å². The number of nitrogens with one attached hydrogen (secondary N) is 1. The molecule has 0 saturated carbocycles. The van der Waals surface area contributed by atoms with E-state index < -0.39 is 41.6 Å². The topological polar surface area (TPSA) is 84.3 Å². The van der Waals surface area contributed by atoms with Gasteiger partial charge in [0.25, 0.3) is 11.7 Å². The number of ketones is 1. The highest BCUT2D eigenvalue weighted by molar-refractivity contribution is 6.43. The van der Waals surface area contributed by atoms with E-state index in [2.05, 4.69) is 10.4 Å². The molecule has 1 N–H and O–H groups in total. The van der Waals surface area contributed by atoms with Crippen molar-refractivity contribution in [3.63, 3.8) is 0 Å². The van der Waals surface area contributed by atoms with Crippen molar-refractivity contribution in [3.8, 4) is 5.69 Å². The molecule has 3 aromatic rings. The lowest BCUT2D eigenvalue weighted by Gasteiger charge is -2.20. The molecule has 0 radical (unpaired) electrons. The van der Waals surface area contributed by atoms with Crippen molar-refractivity contribution in [2.75, 3.05) is 18.4 Å².